The first-order valence-corrected chi connectivity index (χ1v) is 5.50. The molecule has 0 saturated carbocycles. The largest absolute Gasteiger partial charge is 0.473 e. The van der Waals surface area contributed by atoms with Crippen LogP contribution in [0.4, 0.5) is 0 Å². The lowest BCUT2D eigenvalue weighted by atomic mass is 10.1. The van der Waals surface area contributed by atoms with Crippen molar-refractivity contribution in [1.29, 1.82) is 0 Å². The maximum Gasteiger partial charge on any atom is 0.414 e. The highest BCUT2D eigenvalue weighted by Gasteiger charge is 2.20. The van der Waals surface area contributed by atoms with E-state index in [2.05, 4.69) is 0 Å². The number of aliphatic hydroxyl groups is 1. The molecule has 0 aromatic carbocycles. The molecule has 8 heteroatoms. The number of amides is 1. The molecule has 1 fully saturated rings. The zero-order valence-corrected chi connectivity index (χ0v) is 9.91. The molecule has 1 aliphatic heterocycles. The Labute approximate surface area is 104 Å². The lowest BCUT2D eigenvalue weighted by Crippen LogP contribution is -2.40. The number of aliphatic carboxylic acids is 2. The van der Waals surface area contributed by atoms with E-state index in [0.717, 1.165) is 0 Å². The van der Waals surface area contributed by atoms with Gasteiger partial charge in [-0.1, -0.05) is 0 Å². The van der Waals surface area contributed by atoms with E-state index in [1.54, 1.807) is 4.90 Å². The number of carboxylic acids is 2. The fourth-order valence-electron chi connectivity index (χ4n) is 1.40. The van der Waals surface area contributed by atoms with Crippen molar-refractivity contribution in [3.8, 4) is 0 Å². The summed E-state index contributed by atoms with van der Waals surface area (Å²) in [4.78, 5) is 31.2. The molecule has 0 aliphatic carbocycles. The van der Waals surface area contributed by atoms with Crippen LogP contribution in [0.5, 0.6) is 0 Å². The lowest BCUT2D eigenvalue weighted by Gasteiger charge is -2.29. The molecular formula is C10H18N2O6. The molecule has 0 radical (unpaired) electrons. The summed E-state index contributed by atoms with van der Waals surface area (Å²) in [5.41, 5.74) is 5.27. The number of nitrogens with two attached hydrogens (primary N) is 1. The van der Waals surface area contributed by atoms with Gasteiger partial charge in [0.2, 0.25) is 5.91 Å². The van der Waals surface area contributed by atoms with Crippen LogP contribution in [0.1, 0.15) is 19.3 Å². The van der Waals surface area contributed by atoms with Gasteiger partial charge in [0.15, 0.2) is 0 Å². The summed E-state index contributed by atoms with van der Waals surface area (Å²) in [6.07, 6.45) is 1.62. The molecule has 0 bridgehead atoms. The van der Waals surface area contributed by atoms with Crippen molar-refractivity contribution in [3.63, 3.8) is 0 Å². The van der Waals surface area contributed by atoms with Crippen LogP contribution in [0.15, 0.2) is 0 Å². The monoisotopic (exact) mass is 262 g/mol. The highest BCUT2D eigenvalue weighted by molar-refractivity contribution is 6.27. The van der Waals surface area contributed by atoms with Crippen LogP contribution in [0.25, 0.3) is 0 Å². The summed E-state index contributed by atoms with van der Waals surface area (Å²) in [7, 11) is 0. The average Bonchev–Trinajstić information content (AvgIpc) is 2.30. The topological polar surface area (TPSA) is 141 Å². The maximum absolute atomic E-state index is 11.3. The van der Waals surface area contributed by atoms with Crippen LogP contribution < -0.4 is 5.73 Å². The molecule has 1 amide bonds. The Morgan fingerprint density at radius 1 is 1.11 bits per heavy atom. The number of nitrogens with zero attached hydrogens (tertiary/aromatic N) is 1. The van der Waals surface area contributed by atoms with Gasteiger partial charge in [0.05, 0.1) is 6.10 Å². The van der Waals surface area contributed by atoms with Crippen molar-refractivity contribution in [2.45, 2.75) is 25.4 Å². The van der Waals surface area contributed by atoms with Gasteiger partial charge in [0.1, 0.15) is 0 Å². The predicted octanol–water partition coefficient (Wildman–Crippen LogP) is -1.53. The number of carbonyl (C=O) groups excluding carboxylic acids is 1. The van der Waals surface area contributed by atoms with Gasteiger partial charge >= 0.3 is 11.9 Å². The first-order chi connectivity index (χ1) is 8.38. The molecule has 18 heavy (non-hydrogen) atoms. The van der Waals surface area contributed by atoms with Gasteiger partial charge in [0, 0.05) is 26.1 Å². The summed E-state index contributed by atoms with van der Waals surface area (Å²) < 4.78 is 0. The Balaban J connectivity index is 0.000000411. The van der Waals surface area contributed by atoms with E-state index >= 15 is 0 Å². The second-order valence-electron chi connectivity index (χ2n) is 3.76. The summed E-state index contributed by atoms with van der Waals surface area (Å²) >= 11 is 0. The number of carbonyl (C=O) groups is 3. The van der Waals surface area contributed by atoms with Crippen molar-refractivity contribution in [1.82, 2.24) is 4.90 Å². The van der Waals surface area contributed by atoms with E-state index in [0.29, 0.717) is 38.9 Å². The van der Waals surface area contributed by atoms with Crippen molar-refractivity contribution in [2.75, 3.05) is 19.6 Å². The number of hydrogen-bond donors (Lipinski definition) is 4. The molecule has 0 aromatic heterocycles. The molecular weight excluding hydrogens is 244 g/mol. The normalized spacial score (nSPS) is 15.6. The lowest BCUT2D eigenvalue weighted by molar-refractivity contribution is -0.159. The highest BCUT2D eigenvalue weighted by Crippen LogP contribution is 2.10. The second kappa shape index (κ2) is 8.43. The van der Waals surface area contributed by atoms with Crippen LogP contribution in [0.3, 0.4) is 0 Å². The Morgan fingerprint density at radius 2 is 1.56 bits per heavy atom. The minimum atomic E-state index is -1.82. The van der Waals surface area contributed by atoms with Crippen LogP contribution in [-0.4, -0.2) is 63.8 Å². The third kappa shape index (κ3) is 6.81. The van der Waals surface area contributed by atoms with Gasteiger partial charge in [-0.05, 0) is 12.8 Å². The van der Waals surface area contributed by atoms with Gasteiger partial charge in [-0.15, -0.1) is 0 Å². The molecule has 8 nitrogen and oxygen atoms in total. The molecule has 1 rings (SSSR count). The molecule has 0 atom stereocenters. The average molecular weight is 262 g/mol. The second-order valence-corrected chi connectivity index (χ2v) is 3.76. The molecule has 0 aromatic rings. The number of hydrogen-bond acceptors (Lipinski definition) is 5. The molecule has 1 heterocycles. The molecule has 0 unspecified atom stereocenters. The first-order valence-electron chi connectivity index (χ1n) is 5.50. The van der Waals surface area contributed by atoms with E-state index in [9.17, 15) is 9.90 Å². The molecule has 1 saturated heterocycles. The zero-order valence-electron chi connectivity index (χ0n) is 9.91. The van der Waals surface area contributed by atoms with E-state index < -0.39 is 11.9 Å². The number of likely N-dealkylation sites (tertiary alicyclic amines) is 1. The Hall–Kier alpha value is -1.67. The minimum absolute atomic E-state index is 0.115. The summed E-state index contributed by atoms with van der Waals surface area (Å²) in [5.74, 6) is -3.53. The number of aliphatic hydroxyl groups excluding tert-OH is 1. The summed E-state index contributed by atoms with van der Waals surface area (Å²) in [6, 6.07) is 0. The smallest absolute Gasteiger partial charge is 0.414 e. The Bertz CT molecular complexity index is 287. The van der Waals surface area contributed by atoms with Crippen molar-refractivity contribution in [3.05, 3.63) is 0 Å². The van der Waals surface area contributed by atoms with Gasteiger partial charge in [-0.3, -0.25) is 4.79 Å². The fraction of sp³-hybridized carbons (Fsp3) is 0.700. The molecule has 104 valence electrons. The summed E-state index contributed by atoms with van der Waals surface area (Å²) in [6.45, 7) is 1.78. The molecule has 0 spiro atoms. The van der Waals surface area contributed by atoms with E-state index in [1.807, 2.05) is 0 Å². The van der Waals surface area contributed by atoms with Gasteiger partial charge < -0.3 is 26.0 Å². The first kappa shape index (κ1) is 16.3. The predicted molar refractivity (Wildman–Crippen MR) is 60.8 cm³/mol. The van der Waals surface area contributed by atoms with Gasteiger partial charge in [-0.25, -0.2) is 9.59 Å². The van der Waals surface area contributed by atoms with E-state index in [4.69, 9.17) is 25.5 Å². The molecule has 1 aliphatic rings. The van der Waals surface area contributed by atoms with E-state index in [-0.39, 0.29) is 12.0 Å². The minimum Gasteiger partial charge on any atom is -0.473 e. The third-order valence-electron chi connectivity index (χ3n) is 2.36. The number of rotatable bonds is 2. The fourth-order valence-corrected chi connectivity index (χ4v) is 1.40. The zero-order chi connectivity index (χ0) is 14.1. The SMILES string of the molecule is NCCC(=O)N1CCC(O)CC1.O=C(O)C(=O)O. The quantitative estimate of drug-likeness (QED) is 0.442. The number of piperidine rings is 1. The van der Waals surface area contributed by atoms with Crippen LogP contribution in [0.2, 0.25) is 0 Å². The third-order valence-corrected chi connectivity index (χ3v) is 2.36. The van der Waals surface area contributed by atoms with Crippen LogP contribution >= 0.6 is 0 Å². The number of carboxylic acid groups (broad SMARTS) is 2. The van der Waals surface area contributed by atoms with Crippen LogP contribution in [-0.2, 0) is 14.4 Å². The highest BCUT2D eigenvalue weighted by atomic mass is 16.4. The van der Waals surface area contributed by atoms with Crippen LogP contribution in [0, 0.1) is 0 Å². The van der Waals surface area contributed by atoms with Gasteiger partial charge in [-0.2, -0.15) is 0 Å². The van der Waals surface area contributed by atoms with Crippen molar-refractivity contribution >= 4 is 17.8 Å². The maximum atomic E-state index is 11.3. The van der Waals surface area contributed by atoms with Crippen molar-refractivity contribution in [2.24, 2.45) is 5.73 Å². The standard InChI is InChI=1S/C8H16N2O2.C2H2O4/c9-4-1-8(12)10-5-2-7(11)3-6-10;3-1(4)2(5)6/h7,11H,1-6,9H2;(H,3,4)(H,5,6). The molecule has 5 N–H and O–H groups in total. The van der Waals surface area contributed by atoms with Gasteiger partial charge in [0.25, 0.3) is 0 Å². The van der Waals surface area contributed by atoms with Crippen molar-refractivity contribution < 1.29 is 29.7 Å². The van der Waals surface area contributed by atoms with E-state index in [1.165, 1.54) is 0 Å². The Kier molecular flexibility index (Phi) is 7.64. The Morgan fingerprint density at radius 3 is 1.89 bits per heavy atom. The summed E-state index contributed by atoms with van der Waals surface area (Å²) in [5, 5.41) is 24.0.